The van der Waals surface area contributed by atoms with Crippen LogP contribution in [0.2, 0.25) is 0 Å². The van der Waals surface area contributed by atoms with Gasteiger partial charge in [0.2, 0.25) is 0 Å². The van der Waals surface area contributed by atoms with Crippen molar-refractivity contribution in [1.29, 1.82) is 0 Å². The molecule has 0 atom stereocenters. The Hall–Kier alpha value is -1.08. The molecule has 0 aromatic carbocycles. The van der Waals surface area contributed by atoms with E-state index in [9.17, 15) is 13.2 Å². The predicted molar refractivity (Wildman–Crippen MR) is 56.3 cm³/mol. The molecule has 0 saturated carbocycles. The van der Waals surface area contributed by atoms with Crippen LogP contribution in [-0.2, 0) is 16.8 Å². The van der Waals surface area contributed by atoms with Gasteiger partial charge in [-0.25, -0.2) is 4.98 Å². The van der Waals surface area contributed by atoms with Crippen LogP contribution in [0.5, 0.6) is 0 Å². The molecule has 1 rings (SSSR count). The Morgan fingerprint density at radius 3 is 2.59 bits per heavy atom. The van der Waals surface area contributed by atoms with Gasteiger partial charge >= 0.3 is 6.18 Å². The van der Waals surface area contributed by atoms with Crippen molar-refractivity contribution in [1.82, 2.24) is 9.55 Å². The third-order valence-corrected chi connectivity index (χ3v) is 2.11. The first kappa shape index (κ1) is 14.0. The normalized spacial score (nSPS) is 13.1. The first-order chi connectivity index (χ1) is 7.70. The number of hydrogen-bond donors (Lipinski definition) is 1. The molecular weight excluding hydrogens is 235 g/mol. The third kappa shape index (κ3) is 4.74. The summed E-state index contributed by atoms with van der Waals surface area (Å²) in [5.41, 5.74) is 6.07. The maximum absolute atomic E-state index is 11.8. The molecule has 0 aliphatic carbocycles. The second-order valence-electron chi connectivity index (χ2n) is 4.36. The quantitative estimate of drug-likeness (QED) is 0.810. The van der Waals surface area contributed by atoms with Crippen molar-refractivity contribution >= 4 is 0 Å². The second kappa shape index (κ2) is 5.05. The van der Waals surface area contributed by atoms with Crippen LogP contribution in [-0.4, -0.2) is 28.9 Å². The summed E-state index contributed by atoms with van der Waals surface area (Å²) in [6, 6.07) is 0. The molecule has 4 nitrogen and oxygen atoms in total. The van der Waals surface area contributed by atoms with Crippen molar-refractivity contribution in [3.05, 3.63) is 18.2 Å². The number of hydrogen-bond acceptors (Lipinski definition) is 3. The number of imidazole rings is 1. The molecule has 1 aromatic heterocycles. The molecule has 0 saturated heterocycles. The van der Waals surface area contributed by atoms with Gasteiger partial charge in [0.1, 0.15) is 6.61 Å². The number of ether oxygens (including phenoxy) is 1. The molecule has 0 bridgehead atoms. The monoisotopic (exact) mass is 251 g/mol. The fraction of sp³-hybridized carbons (Fsp3) is 0.700. The van der Waals surface area contributed by atoms with E-state index in [2.05, 4.69) is 9.72 Å². The zero-order valence-electron chi connectivity index (χ0n) is 9.79. The molecule has 0 amide bonds. The topological polar surface area (TPSA) is 53.1 Å². The lowest BCUT2D eigenvalue weighted by Crippen LogP contribution is -2.32. The zero-order chi connectivity index (χ0) is 13.1. The molecule has 17 heavy (non-hydrogen) atoms. The lowest BCUT2D eigenvalue weighted by Gasteiger charge is -2.20. The molecule has 7 heteroatoms. The minimum Gasteiger partial charge on any atom is -0.370 e. The molecule has 98 valence electrons. The van der Waals surface area contributed by atoms with Crippen molar-refractivity contribution in [2.24, 2.45) is 5.73 Å². The van der Waals surface area contributed by atoms with Gasteiger partial charge in [-0.1, -0.05) is 0 Å². The molecule has 0 fully saturated rings. The summed E-state index contributed by atoms with van der Waals surface area (Å²) >= 11 is 0. The number of aromatic nitrogens is 2. The van der Waals surface area contributed by atoms with Gasteiger partial charge < -0.3 is 15.0 Å². The average molecular weight is 251 g/mol. The highest BCUT2D eigenvalue weighted by Gasteiger charge is 2.27. The van der Waals surface area contributed by atoms with Crippen LogP contribution in [0.25, 0.3) is 0 Å². The van der Waals surface area contributed by atoms with Gasteiger partial charge in [-0.2, -0.15) is 13.2 Å². The molecule has 2 N–H and O–H groups in total. The highest BCUT2D eigenvalue weighted by atomic mass is 19.4. The van der Waals surface area contributed by atoms with Crippen molar-refractivity contribution in [2.75, 3.05) is 13.2 Å². The highest BCUT2D eigenvalue weighted by Crippen LogP contribution is 2.17. The van der Waals surface area contributed by atoms with Crippen LogP contribution in [0, 0.1) is 0 Å². The number of nitrogens with two attached hydrogens (primary N) is 1. The van der Waals surface area contributed by atoms with Crippen LogP contribution in [0.1, 0.15) is 19.5 Å². The Morgan fingerprint density at radius 1 is 1.41 bits per heavy atom. The second-order valence-corrected chi connectivity index (χ2v) is 4.36. The van der Waals surface area contributed by atoms with E-state index < -0.39 is 18.3 Å². The van der Waals surface area contributed by atoms with Gasteiger partial charge in [0.15, 0.2) is 0 Å². The fourth-order valence-electron chi connectivity index (χ4n) is 1.39. The Labute approximate surface area is 97.6 Å². The van der Waals surface area contributed by atoms with E-state index in [4.69, 9.17) is 5.73 Å². The summed E-state index contributed by atoms with van der Waals surface area (Å²) < 4.78 is 41.7. The molecule has 0 radical (unpaired) electrons. The molecule has 1 aromatic rings. The minimum absolute atomic E-state index is 0.0288. The lowest BCUT2D eigenvalue weighted by molar-refractivity contribution is -0.174. The van der Waals surface area contributed by atoms with Crippen LogP contribution >= 0.6 is 0 Å². The largest absolute Gasteiger partial charge is 0.411 e. The van der Waals surface area contributed by atoms with Crippen LogP contribution in [0.15, 0.2) is 12.5 Å². The number of alkyl halides is 3. The standard InChI is InChI=1S/C10H16F3N3O/c1-9(2,14)8-5-15-7-16(8)3-4-17-6-10(11,12)13/h5,7H,3-4,6,14H2,1-2H3. The predicted octanol–water partition coefficient (Wildman–Crippen LogP) is 1.66. The van der Waals surface area contributed by atoms with Crippen molar-refractivity contribution < 1.29 is 17.9 Å². The molecule has 0 spiro atoms. The third-order valence-electron chi connectivity index (χ3n) is 2.11. The van der Waals surface area contributed by atoms with Gasteiger partial charge in [0.05, 0.1) is 24.2 Å². The van der Waals surface area contributed by atoms with Gasteiger partial charge in [0, 0.05) is 12.7 Å². The van der Waals surface area contributed by atoms with E-state index in [1.165, 1.54) is 6.33 Å². The maximum Gasteiger partial charge on any atom is 0.411 e. The summed E-state index contributed by atoms with van der Waals surface area (Å²) in [7, 11) is 0. The molecule has 1 heterocycles. The highest BCUT2D eigenvalue weighted by molar-refractivity contribution is 5.09. The average Bonchev–Trinajstić information content (AvgIpc) is 2.58. The Balaban J connectivity index is 2.45. The van der Waals surface area contributed by atoms with E-state index in [1.807, 2.05) is 0 Å². The number of halogens is 3. The van der Waals surface area contributed by atoms with E-state index in [1.54, 1.807) is 24.6 Å². The molecule has 0 aliphatic heterocycles. The smallest absolute Gasteiger partial charge is 0.370 e. The van der Waals surface area contributed by atoms with Gasteiger partial charge in [-0.05, 0) is 13.8 Å². The zero-order valence-corrected chi connectivity index (χ0v) is 9.79. The Morgan fingerprint density at radius 2 is 2.06 bits per heavy atom. The summed E-state index contributed by atoms with van der Waals surface area (Å²) in [6.45, 7) is 2.64. The molecular formula is C10H16F3N3O. The maximum atomic E-state index is 11.8. The fourth-order valence-corrected chi connectivity index (χ4v) is 1.39. The van der Waals surface area contributed by atoms with Crippen molar-refractivity contribution in [3.8, 4) is 0 Å². The minimum atomic E-state index is -4.29. The van der Waals surface area contributed by atoms with E-state index in [0.717, 1.165) is 5.69 Å². The summed E-state index contributed by atoms with van der Waals surface area (Å²) in [4.78, 5) is 3.92. The lowest BCUT2D eigenvalue weighted by atomic mass is 10.0. The summed E-state index contributed by atoms with van der Waals surface area (Å²) in [6.07, 6.45) is -1.16. The van der Waals surface area contributed by atoms with Gasteiger partial charge in [0.25, 0.3) is 0 Å². The van der Waals surface area contributed by atoms with E-state index >= 15 is 0 Å². The number of rotatable bonds is 5. The first-order valence-corrected chi connectivity index (χ1v) is 5.14. The van der Waals surface area contributed by atoms with Crippen LogP contribution in [0.4, 0.5) is 13.2 Å². The first-order valence-electron chi connectivity index (χ1n) is 5.14. The Bertz CT molecular complexity index is 354. The SMILES string of the molecule is CC(C)(N)c1cncn1CCOCC(F)(F)F. The summed E-state index contributed by atoms with van der Waals surface area (Å²) in [5, 5.41) is 0. The van der Waals surface area contributed by atoms with E-state index in [0.29, 0.717) is 6.54 Å². The molecule has 0 unspecified atom stereocenters. The Kier molecular flexibility index (Phi) is 4.16. The van der Waals surface area contributed by atoms with E-state index in [-0.39, 0.29) is 6.61 Å². The van der Waals surface area contributed by atoms with Crippen LogP contribution < -0.4 is 5.73 Å². The van der Waals surface area contributed by atoms with Gasteiger partial charge in [-0.15, -0.1) is 0 Å². The van der Waals surface area contributed by atoms with Crippen molar-refractivity contribution in [2.45, 2.75) is 32.1 Å². The van der Waals surface area contributed by atoms with Crippen LogP contribution in [0.3, 0.4) is 0 Å². The number of nitrogens with zero attached hydrogens (tertiary/aromatic N) is 2. The molecule has 0 aliphatic rings. The van der Waals surface area contributed by atoms with Gasteiger partial charge in [-0.3, -0.25) is 0 Å². The van der Waals surface area contributed by atoms with Crippen molar-refractivity contribution in [3.63, 3.8) is 0 Å². The summed E-state index contributed by atoms with van der Waals surface area (Å²) in [5.74, 6) is 0.